The normalized spacial score (nSPS) is 10.8. The third kappa shape index (κ3) is 4.23. The van der Waals surface area contributed by atoms with Crippen LogP contribution in [0.4, 0.5) is 4.39 Å². The number of rotatable bonds is 6. The first-order chi connectivity index (χ1) is 13.7. The Labute approximate surface area is 163 Å². The fraction of sp³-hybridized carbons (Fsp3) is 0.111. The molecule has 0 bridgehead atoms. The Hall–Kier alpha value is -3.53. The Kier molecular flexibility index (Phi) is 5.11. The van der Waals surface area contributed by atoms with Crippen molar-refractivity contribution in [2.24, 2.45) is 0 Å². The molecule has 0 aliphatic rings. The number of aromatic nitrogens is 6. The first-order valence-electron chi connectivity index (χ1n) is 8.35. The Morgan fingerprint density at radius 2 is 1.82 bits per heavy atom. The zero-order valence-electron chi connectivity index (χ0n) is 14.5. The molecule has 0 aliphatic carbocycles. The van der Waals surface area contributed by atoms with Crippen molar-refractivity contribution in [3.05, 3.63) is 76.0 Å². The van der Waals surface area contributed by atoms with Crippen molar-refractivity contribution in [1.29, 1.82) is 0 Å². The minimum atomic E-state index is -0.343. The molecule has 2 aromatic carbocycles. The highest BCUT2D eigenvalue weighted by molar-refractivity contribution is 7.13. The third-order valence-corrected chi connectivity index (χ3v) is 4.70. The SMILES string of the molecule is O=C(NCc1ccc(F)cc1)c1nnc(Cn2nnc(-c3ccccc3)n2)s1. The number of amides is 1. The van der Waals surface area contributed by atoms with E-state index in [0.717, 1.165) is 22.5 Å². The summed E-state index contributed by atoms with van der Waals surface area (Å²) in [7, 11) is 0. The summed E-state index contributed by atoms with van der Waals surface area (Å²) in [6.45, 7) is 0.543. The number of halogens is 1. The number of carbonyl (C=O) groups is 1. The maximum atomic E-state index is 12.9. The molecule has 28 heavy (non-hydrogen) atoms. The van der Waals surface area contributed by atoms with Gasteiger partial charge < -0.3 is 5.32 Å². The number of carbonyl (C=O) groups excluding carboxylic acids is 1. The van der Waals surface area contributed by atoms with Gasteiger partial charge in [0.05, 0.1) is 0 Å². The summed E-state index contributed by atoms with van der Waals surface area (Å²) in [6, 6.07) is 15.4. The average Bonchev–Trinajstić information content (AvgIpc) is 3.38. The second-order valence-corrected chi connectivity index (χ2v) is 6.88. The van der Waals surface area contributed by atoms with Crippen molar-refractivity contribution in [1.82, 2.24) is 35.7 Å². The van der Waals surface area contributed by atoms with Gasteiger partial charge in [0.2, 0.25) is 10.8 Å². The summed E-state index contributed by atoms with van der Waals surface area (Å²) in [4.78, 5) is 13.6. The molecule has 0 fully saturated rings. The predicted octanol–water partition coefficient (Wildman–Crippen LogP) is 2.31. The van der Waals surface area contributed by atoms with Crippen LogP contribution >= 0.6 is 11.3 Å². The van der Waals surface area contributed by atoms with E-state index in [1.165, 1.54) is 16.9 Å². The van der Waals surface area contributed by atoms with E-state index in [1.807, 2.05) is 30.3 Å². The van der Waals surface area contributed by atoms with Gasteiger partial charge in [0.15, 0.2) is 0 Å². The average molecular weight is 395 g/mol. The molecule has 8 nitrogen and oxygen atoms in total. The zero-order chi connectivity index (χ0) is 19.3. The molecule has 0 radical (unpaired) electrons. The van der Waals surface area contributed by atoms with Crippen LogP contribution in [-0.4, -0.2) is 36.3 Å². The van der Waals surface area contributed by atoms with Crippen LogP contribution in [0.3, 0.4) is 0 Å². The molecule has 0 aliphatic heterocycles. The summed E-state index contributed by atoms with van der Waals surface area (Å²) in [5, 5.41) is 23.8. The quantitative estimate of drug-likeness (QED) is 0.538. The van der Waals surface area contributed by atoms with Gasteiger partial charge in [-0.1, -0.05) is 53.8 Å². The third-order valence-electron chi connectivity index (χ3n) is 3.79. The minimum absolute atomic E-state index is 0.237. The smallest absolute Gasteiger partial charge is 0.282 e. The van der Waals surface area contributed by atoms with E-state index in [2.05, 4.69) is 30.9 Å². The lowest BCUT2D eigenvalue weighted by molar-refractivity contribution is 0.0950. The van der Waals surface area contributed by atoms with Crippen LogP contribution in [0.5, 0.6) is 0 Å². The van der Waals surface area contributed by atoms with E-state index in [9.17, 15) is 9.18 Å². The molecule has 140 valence electrons. The second kappa shape index (κ2) is 8.01. The van der Waals surface area contributed by atoms with Crippen molar-refractivity contribution in [2.45, 2.75) is 13.1 Å². The number of tetrazole rings is 1. The molecule has 1 N–H and O–H groups in total. The minimum Gasteiger partial charge on any atom is -0.346 e. The summed E-state index contributed by atoms with van der Waals surface area (Å²) in [5.41, 5.74) is 1.66. The summed E-state index contributed by atoms with van der Waals surface area (Å²) in [6.07, 6.45) is 0. The highest BCUT2D eigenvalue weighted by Crippen LogP contribution is 2.14. The monoisotopic (exact) mass is 395 g/mol. The van der Waals surface area contributed by atoms with E-state index < -0.39 is 0 Å². The lowest BCUT2D eigenvalue weighted by Crippen LogP contribution is -2.22. The molecular weight excluding hydrogens is 381 g/mol. The Balaban J connectivity index is 1.37. The van der Waals surface area contributed by atoms with Gasteiger partial charge in [0.25, 0.3) is 5.91 Å². The number of nitrogens with one attached hydrogen (secondary N) is 1. The van der Waals surface area contributed by atoms with Gasteiger partial charge in [-0.3, -0.25) is 4.79 Å². The molecule has 1 amide bonds. The fourth-order valence-corrected chi connectivity index (χ4v) is 3.13. The fourth-order valence-electron chi connectivity index (χ4n) is 2.40. The molecular formula is C18H14FN7OS. The first-order valence-corrected chi connectivity index (χ1v) is 9.17. The van der Waals surface area contributed by atoms with E-state index >= 15 is 0 Å². The van der Waals surface area contributed by atoms with Crippen LogP contribution < -0.4 is 5.32 Å². The lowest BCUT2D eigenvalue weighted by atomic mass is 10.2. The number of hydrogen-bond donors (Lipinski definition) is 1. The molecule has 4 aromatic rings. The van der Waals surface area contributed by atoms with Gasteiger partial charge in [-0.2, -0.15) is 4.80 Å². The van der Waals surface area contributed by atoms with Gasteiger partial charge in [-0.15, -0.1) is 20.4 Å². The first kappa shape index (κ1) is 17.9. The van der Waals surface area contributed by atoms with Crippen LogP contribution in [0.2, 0.25) is 0 Å². The molecule has 0 spiro atoms. The number of benzene rings is 2. The zero-order valence-corrected chi connectivity index (χ0v) is 15.3. The van der Waals surface area contributed by atoms with Gasteiger partial charge in [-0.25, -0.2) is 4.39 Å². The highest BCUT2D eigenvalue weighted by Gasteiger charge is 2.14. The molecule has 0 atom stereocenters. The van der Waals surface area contributed by atoms with Gasteiger partial charge in [-0.05, 0) is 22.9 Å². The van der Waals surface area contributed by atoms with Crippen LogP contribution in [0.15, 0.2) is 54.6 Å². The van der Waals surface area contributed by atoms with E-state index in [4.69, 9.17) is 0 Å². The molecule has 0 saturated heterocycles. The molecule has 10 heteroatoms. The van der Waals surface area contributed by atoms with Crippen molar-refractivity contribution in [3.8, 4) is 11.4 Å². The Morgan fingerprint density at radius 3 is 2.61 bits per heavy atom. The lowest BCUT2D eigenvalue weighted by Gasteiger charge is -2.02. The highest BCUT2D eigenvalue weighted by atomic mass is 32.1. The van der Waals surface area contributed by atoms with E-state index in [1.54, 1.807) is 12.1 Å². The molecule has 0 unspecified atom stereocenters. The van der Waals surface area contributed by atoms with Crippen molar-refractivity contribution < 1.29 is 9.18 Å². The largest absolute Gasteiger partial charge is 0.346 e. The maximum Gasteiger partial charge on any atom is 0.282 e. The van der Waals surface area contributed by atoms with Crippen molar-refractivity contribution in [2.75, 3.05) is 0 Å². The van der Waals surface area contributed by atoms with Crippen LogP contribution in [0.25, 0.3) is 11.4 Å². The van der Waals surface area contributed by atoms with Gasteiger partial charge in [0, 0.05) is 12.1 Å². The second-order valence-electron chi connectivity index (χ2n) is 5.82. The molecule has 0 saturated carbocycles. The predicted molar refractivity (Wildman–Crippen MR) is 99.8 cm³/mol. The maximum absolute atomic E-state index is 12.9. The number of nitrogens with zero attached hydrogens (tertiary/aromatic N) is 6. The van der Waals surface area contributed by atoms with Crippen LogP contribution in [-0.2, 0) is 13.1 Å². The topological polar surface area (TPSA) is 98.5 Å². The van der Waals surface area contributed by atoms with Gasteiger partial charge >= 0.3 is 0 Å². The summed E-state index contributed by atoms with van der Waals surface area (Å²) in [5.74, 6) is -0.145. The van der Waals surface area contributed by atoms with E-state index in [0.29, 0.717) is 10.8 Å². The van der Waals surface area contributed by atoms with Crippen LogP contribution in [0, 0.1) is 5.82 Å². The van der Waals surface area contributed by atoms with Crippen molar-refractivity contribution in [3.63, 3.8) is 0 Å². The standard InChI is InChI=1S/C18H14FN7OS/c19-14-8-6-12(7-9-14)10-20-17(27)18-23-21-15(28-18)11-26-24-16(22-25-26)13-4-2-1-3-5-13/h1-9H,10-11H2,(H,20,27). The molecule has 2 heterocycles. The van der Waals surface area contributed by atoms with E-state index in [-0.39, 0.29) is 29.8 Å². The van der Waals surface area contributed by atoms with Crippen LogP contribution in [0.1, 0.15) is 20.4 Å². The Bertz CT molecular complexity index is 1080. The Morgan fingerprint density at radius 1 is 1.04 bits per heavy atom. The van der Waals surface area contributed by atoms with Gasteiger partial charge in [0.1, 0.15) is 17.4 Å². The molecule has 2 aromatic heterocycles. The number of hydrogen-bond acceptors (Lipinski definition) is 7. The summed E-state index contributed by atoms with van der Waals surface area (Å²) < 4.78 is 12.9. The summed E-state index contributed by atoms with van der Waals surface area (Å²) >= 11 is 1.16. The molecule has 4 rings (SSSR count). The van der Waals surface area contributed by atoms with Crippen molar-refractivity contribution >= 4 is 17.2 Å².